The molecule has 0 fully saturated rings. The van der Waals surface area contributed by atoms with E-state index in [1.807, 2.05) is 53.3 Å². The van der Waals surface area contributed by atoms with Crippen molar-refractivity contribution in [2.24, 2.45) is 5.10 Å². The number of thioether (sulfide) groups is 1. The molecule has 2 aromatic carbocycles. The average molecular weight is 601 g/mol. The maximum Gasteiger partial charge on any atom is 0.287 e. The highest BCUT2D eigenvalue weighted by molar-refractivity contribution is 7.99. The number of hydrogen-bond acceptors (Lipinski definition) is 8. The number of amides is 2. The smallest absolute Gasteiger partial charge is 0.287 e. The lowest BCUT2D eigenvalue weighted by Crippen LogP contribution is -2.28. The van der Waals surface area contributed by atoms with Gasteiger partial charge in [-0.25, -0.2) is 9.40 Å². The van der Waals surface area contributed by atoms with Gasteiger partial charge in [0.25, 0.3) is 11.8 Å². The van der Waals surface area contributed by atoms with Gasteiger partial charge >= 0.3 is 0 Å². The number of nitrogens with one attached hydrogen (secondary N) is 1. The second kappa shape index (κ2) is 12.1. The second-order valence-electron chi connectivity index (χ2n) is 9.56. The number of furan rings is 1. The molecule has 1 aliphatic rings. The SMILES string of the molecule is Cc1cccc(-n2c(CNC(=O)c3ccco3)nnc2SCC(=O)N2N=C(c3cccs3)C[C@@H]2c2ccc(F)cc2)c1. The molecule has 212 valence electrons. The largest absolute Gasteiger partial charge is 0.459 e. The van der Waals surface area contributed by atoms with Crippen LogP contribution in [0.4, 0.5) is 4.39 Å². The molecule has 1 N–H and O–H groups in total. The molecule has 0 unspecified atom stereocenters. The minimum Gasteiger partial charge on any atom is -0.459 e. The Balaban J connectivity index is 1.24. The molecule has 1 aliphatic heterocycles. The van der Waals surface area contributed by atoms with Gasteiger partial charge in [-0.2, -0.15) is 5.10 Å². The second-order valence-corrected chi connectivity index (χ2v) is 11.4. The molecule has 2 amide bonds. The van der Waals surface area contributed by atoms with E-state index in [-0.39, 0.29) is 41.7 Å². The Morgan fingerprint density at radius 1 is 1.10 bits per heavy atom. The molecule has 6 rings (SSSR count). The van der Waals surface area contributed by atoms with Gasteiger partial charge in [-0.05, 0) is 65.9 Å². The summed E-state index contributed by atoms with van der Waals surface area (Å²) < 4.78 is 20.7. The predicted octanol–water partition coefficient (Wildman–Crippen LogP) is 5.77. The predicted molar refractivity (Wildman–Crippen MR) is 158 cm³/mol. The number of benzene rings is 2. The standard InChI is InChI=1S/C30H25FN6O3S2/c1-19-5-2-6-22(15-19)36-27(17-32-29(39)25-7-3-13-40-25)33-34-30(36)42-18-28(38)37-24(20-9-11-21(31)12-10-20)16-23(35-37)26-8-4-14-41-26/h2-15,24H,16-18H2,1H3,(H,32,39)/t24-/m1/s1. The van der Waals surface area contributed by atoms with Crippen molar-refractivity contribution in [2.75, 3.05) is 5.75 Å². The highest BCUT2D eigenvalue weighted by Gasteiger charge is 2.33. The van der Waals surface area contributed by atoms with Crippen molar-refractivity contribution in [3.63, 3.8) is 0 Å². The van der Waals surface area contributed by atoms with Gasteiger partial charge in [0.15, 0.2) is 16.7 Å². The monoisotopic (exact) mass is 600 g/mol. The summed E-state index contributed by atoms with van der Waals surface area (Å²) >= 11 is 2.80. The fourth-order valence-corrected chi connectivity index (χ4v) is 6.20. The quantitative estimate of drug-likeness (QED) is 0.216. The summed E-state index contributed by atoms with van der Waals surface area (Å²) in [6.45, 7) is 2.08. The van der Waals surface area contributed by atoms with Crippen LogP contribution in [0, 0.1) is 12.7 Å². The van der Waals surface area contributed by atoms with E-state index in [0.29, 0.717) is 17.4 Å². The van der Waals surface area contributed by atoms with Crippen molar-refractivity contribution in [1.82, 2.24) is 25.1 Å². The van der Waals surface area contributed by atoms with Crippen LogP contribution in [0.3, 0.4) is 0 Å². The van der Waals surface area contributed by atoms with Crippen LogP contribution in [-0.2, 0) is 11.3 Å². The first-order valence-corrected chi connectivity index (χ1v) is 15.0. The van der Waals surface area contributed by atoms with E-state index in [0.717, 1.165) is 27.4 Å². The van der Waals surface area contributed by atoms with E-state index in [1.54, 1.807) is 35.6 Å². The highest BCUT2D eigenvalue weighted by atomic mass is 32.2. The maximum absolute atomic E-state index is 13.7. The number of carbonyl (C=O) groups is 2. The van der Waals surface area contributed by atoms with Crippen molar-refractivity contribution in [3.05, 3.63) is 118 Å². The molecule has 42 heavy (non-hydrogen) atoms. The van der Waals surface area contributed by atoms with Crippen LogP contribution in [0.15, 0.2) is 99.1 Å². The number of aryl methyl sites for hydroxylation is 1. The van der Waals surface area contributed by atoms with Gasteiger partial charge in [-0.1, -0.05) is 42.1 Å². The Hall–Kier alpha value is -4.55. The minimum atomic E-state index is -0.372. The molecule has 9 nitrogen and oxygen atoms in total. The van der Waals surface area contributed by atoms with Gasteiger partial charge < -0.3 is 9.73 Å². The van der Waals surface area contributed by atoms with Gasteiger partial charge in [0.2, 0.25) is 0 Å². The van der Waals surface area contributed by atoms with Crippen LogP contribution in [0.5, 0.6) is 0 Å². The lowest BCUT2D eigenvalue weighted by Gasteiger charge is -2.22. The normalized spacial score (nSPS) is 14.7. The summed E-state index contributed by atoms with van der Waals surface area (Å²) in [5, 5.41) is 20.2. The Morgan fingerprint density at radius 2 is 1.95 bits per heavy atom. The number of hydrazone groups is 1. The number of aromatic nitrogens is 3. The minimum absolute atomic E-state index is 0.0433. The van der Waals surface area contributed by atoms with Gasteiger partial charge in [0.1, 0.15) is 5.82 Å². The van der Waals surface area contributed by atoms with Crippen LogP contribution in [-0.4, -0.2) is 43.1 Å². The molecule has 0 saturated carbocycles. The zero-order valence-corrected chi connectivity index (χ0v) is 24.1. The van der Waals surface area contributed by atoms with E-state index in [4.69, 9.17) is 9.52 Å². The van der Waals surface area contributed by atoms with E-state index in [9.17, 15) is 14.0 Å². The van der Waals surface area contributed by atoms with Crippen LogP contribution < -0.4 is 5.32 Å². The molecule has 3 aromatic heterocycles. The van der Waals surface area contributed by atoms with Crippen molar-refractivity contribution < 1.29 is 18.4 Å². The van der Waals surface area contributed by atoms with Gasteiger partial charge in [-0.3, -0.25) is 14.2 Å². The first kappa shape index (κ1) is 27.6. The molecule has 0 saturated heterocycles. The summed E-state index contributed by atoms with van der Waals surface area (Å²) in [7, 11) is 0. The summed E-state index contributed by atoms with van der Waals surface area (Å²) in [6, 6.07) is 20.8. The fourth-order valence-electron chi connectivity index (χ4n) is 4.66. The number of thiophene rings is 1. The molecule has 0 spiro atoms. The molecular formula is C30H25FN6O3S2. The molecule has 0 aliphatic carbocycles. The Kier molecular flexibility index (Phi) is 7.97. The Bertz CT molecular complexity index is 1730. The summed E-state index contributed by atoms with van der Waals surface area (Å²) in [5.41, 5.74) is 3.46. The first-order chi connectivity index (χ1) is 20.5. The van der Waals surface area contributed by atoms with Crippen LogP contribution in [0.2, 0.25) is 0 Å². The highest BCUT2D eigenvalue weighted by Crippen LogP contribution is 2.35. The van der Waals surface area contributed by atoms with Gasteiger partial charge in [-0.15, -0.1) is 21.5 Å². The molecular weight excluding hydrogens is 576 g/mol. The van der Waals surface area contributed by atoms with E-state index < -0.39 is 0 Å². The van der Waals surface area contributed by atoms with Crippen molar-refractivity contribution >= 4 is 40.6 Å². The van der Waals surface area contributed by atoms with E-state index in [2.05, 4.69) is 15.5 Å². The Labute approximate surface area is 249 Å². The molecule has 4 heterocycles. The third-order valence-corrected chi connectivity index (χ3v) is 8.50. The van der Waals surface area contributed by atoms with Gasteiger partial charge in [0, 0.05) is 12.1 Å². The van der Waals surface area contributed by atoms with Gasteiger partial charge in [0.05, 0.1) is 35.2 Å². The Morgan fingerprint density at radius 3 is 2.69 bits per heavy atom. The number of nitrogens with zero attached hydrogens (tertiary/aromatic N) is 5. The fraction of sp³-hybridized carbons (Fsp3) is 0.167. The van der Waals surface area contributed by atoms with E-state index >= 15 is 0 Å². The van der Waals surface area contributed by atoms with E-state index in [1.165, 1.54) is 35.2 Å². The molecule has 12 heteroatoms. The van der Waals surface area contributed by atoms with Crippen molar-refractivity contribution in [3.8, 4) is 5.69 Å². The molecule has 0 radical (unpaired) electrons. The summed E-state index contributed by atoms with van der Waals surface area (Å²) in [4.78, 5) is 27.1. The van der Waals surface area contributed by atoms with Crippen molar-refractivity contribution in [1.29, 1.82) is 0 Å². The summed E-state index contributed by atoms with van der Waals surface area (Å²) in [5.74, 6) is -0.187. The number of rotatable bonds is 9. The summed E-state index contributed by atoms with van der Waals surface area (Å²) in [6.07, 6.45) is 1.96. The molecule has 5 aromatic rings. The molecule has 0 bridgehead atoms. The van der Waals surface area contributed by atoms with Crippen LogP contribution in [0.1, 0.15) is 44.8 Å². The topological polar surface area (TPSA) is 106 Å². The number of halogens is 1. The number of hydrogen-bond donors (Lipinski definition) is 1. The first-order valence-electron chi connectivity index (χ1n) is 13.1. The molecule has 1 atom stereocenters. The maximum atomic E-state index is 13.7. The zero-order valence-electron chi connectivity index (χ0n) is 22.4. The van der Waals surface area contributed by atoms with Crippen LogP contribution >= 0.6 is 23.1 Å². The lowest BCUT2D eigenvalue weighted by molar-refractivity contribution is -0.130. The van der Waals surface area contributed by atoms with Crippen molar-refractivity contribution in [2.45, 2.75) is 31.1 Å². The number of carbonyl (C=O) groups excluding carboxylic acids is 2. The third kappa shape index (κ3) is 5.90. The zero-order chi connectivity index (χ0) is 29.1. The average Bonchev–Trinajstić information content (AvgIpc) is 3.81. The third-order valence-electron chi connectivity index (χ3n) is 6.66. The van der Waals surface area contributed by atoms with Crippen LogP contribution in [0.25, 0.3) is 5.69 Å². The lowest BCUT2D eigenvalue weighted by atomic mass is 10.0.